The number of hydrogen-bond donors (Lipinski definition) is 0. The number of hydrogen-bond acceptors (Lipinski definition) is 6. The first-order chi connectivity index (χ1) is 18.9. The Morgan fingerprint density at radius 2 is 1.61 bits per heavy atom. The van der Waals surface area contributed by atoms with Gasteiger partial charge in [-0.1, -0.05) is 12.1 Å². The van der Waals surface area contributed by atoms with Gasteiger partial charge in [0.15, 0.2) is 0 Å². The molecule has 0 spiro atoms. The van der Waals surface area contributed by atoms with Gasteiger partial charge < -0.3 is 18.9 Å². The van der Waals surface area contributed by atoms with Crippen molar-refractivity contribution in [2.24, 2.45) is 11.8 Å². The van der Waals surface area contributed by atoms with Crippen LogP contribution in [0, 0.1) is 11.8 Å². The van der Waals surface area contributed by atoms with E-state index in [1.807, 2.05) is 57.2 Å². The molecule has 4 rings (SSSR count). The van der Waals surface area contributed by atoms with Crippen molar-refractivity contribution in [3.63, 3.8) is 0 Å². The lowest BCUT2D eigenvalue weighted by Crippen LogP contribution is -2.39. The Balaban J connectivity index is 0.00000462. The summed E-state index contributed by atoms with van der Waals surface area (Å²) >= 11 is 0. The van der Waals surface area contributed by atoms with Crippen LogP contribution in [0.25, 0.3) is 0 Å². The molecule has 2 saturated carbocycles. The average molecular weight is 589 g/mol. The van der Waals surface area contributed by atoms with Crippen molar-refractivity contribution in [2.75, 3.05) is 20.8 Å². The molecule has 2 aromatic rings. The molecule has 1 unspecified atom stereocenters. The Morgan fingerprint density at radius 3 is 2.20 bits per heavy atom. The van der Waals surface area contributed by atoms with Gasteiger partial charge in [-0.3, -0.25) is 0 Å². The summed E-state index contributed by atoms with van der Waals surface area (Å²) in [5.41, 5.74) is -0.310. The summed E-state index contributed by atoms with van der Waals surface area (Å²) in [4.78, 5) is 25.2. The van der Waals surface area contributed by atoms with Gasteiger partial charge in [0.2, 0.25) is 5.67 Å². The number of alkyl halides is 1. The molecule has 0 radical (unpaired) electrons. The maximum absolute atomic E-state index is 15.6. The molecule has 2 atom stereocenters. The number of halogens is 1. The van der Waals surface area contributed by atoms with Gasteiger partial charge in [0.05, 0.1) is 26.4 Å². The standard InChI is InChI=1S/C33H43FO6.H2S/c1-32(2,3)40-30(35)27-17-16-25(37-5)19-28(27)22-12-10-21(11-13-22)20-39-26-9-7-8-24(18-26)29(23-14-15-23)33(4,34)31(36)38-6;/h7-9,16-19,21-23,29H,10-15,20H2,1-6H3;1H2/t21?,22?,29-,33?;/m0./s1. The molecule has 2 fully saturated rings. The lowest BCUT2D eigenvalue weighted by atomic mass is 9.77. The van der Waals surface area contributed by atoms with Gasteiger partial charge in [-0.05, 0) is 125 Å². The van der Waals surface area contributed by atoms with Crippen molar-refractivity contribution in [2.45, 2.75) is 89.3 Å². The van der Waals surface area contributed by atoms with E-state index in [4.69, 9.17) is 18.9 Å². The highest BCUT2D eigenvalue weighted by Crippen LogP contribution is 2.50. The average Bonchev–Trinajstić information content (AvgIpc) is 3.75. The highest BCUT2D eigenvalue weighted by Gasteiger charge is 2.50. The van der Waals surface area contributed by atoms with Crippen LogP contribution in [-0.4, -0.2) is 44.0 Å². The summed E-state index contributed by atoms with van der Waals surface area (Å²) in [5.74, 6) is 0.450. The molecular weight excluding hydrogens is 543 g/mol. The second kappa shape index (κ2) is 13.5. The predicted molar refractivity (Wildman–Crippen MR) is 162 cm³/mol. The van der Waals surface area contributed by atoms with Gasteiger partial charge in [0, 0.05) is 5.92 Å². The summed E-state index contributed by atoms with van der Waals surface area (Å²) in [6.45, 7) is 7.50. The largest absolute Gasteiger partial charge is 0.497 e. The minimum Gasteiger partial charge on any atom is -0.497 e. The maximum atomic E-state index is 15.6. The number of benzene rings is 2. The zero-order chi connectivity index (χ0) is 29.1. The minimum atomic E-state index is -2.09. The van der Waals surface area contributed by atoms with E-state index >= 15 is 4.39 Å². The number of carbonyl (C=O) groups excluding carboxylic acids is 2. The SMILES string of the molecule is COC(=O)C(C)(F)[C@H](c1cccc(OCC2CCC(c3cc(OC)ccc3C(=O)OC(C)(C)C)CC2)c1)C1CC1.S. The van der Waals surface area contributed by atoms with Crippen LogP contribution in [-0.2, 0) is 14.3 Å². The minimum absolute atomic E-state index is 0. The lowest BCUT2D eigenvalue weighted by Gasteiger charge is -2.31. The summed E-state index contributed by atoms with van der Waals surface area (Å²) < 4.78 is 37.7. The molecular formula is C33H45FO6S. The molecule has 6 nitrogen and oxygen atoms in total. The summed E-state index contributed by atoms with van der Waals surface area (Å²) in [6.07, 6.45) is 5.59. The Bertz CT molecular complexity index is 1190. The highest BCUT2D eigenvalue weighted by molar-refractivity contribution is 7.59. The topological polar surface area (TPSA) is 71.1 Å². The highest BCUT2D eigenvalue weighted by atomic mass is 32.1. The fraction of sp³-hybridized carbons (Fsp3) is 0.576. The Kier molecular flexibility index (Phi) is 10.8. The molecule has 0 amide bonds. The zero-order valence-corrected chi connectivity index (χ0v) is 26.1. The van der Waals surface area contributed by atoms with Crippen LogP contribution >= 0.6 is 13.5 Å². The van der Waals surface area contributed by atoms with Gasteiger partial charge in [0.25, 0.3) is 0 Å². The van der Waals surface area contributed by atoms with E-state index in [1.165, 1.54) is 14.0 Å². The van der Waals surface area contributed by atoms with E-state index in [1.54, 1.807) is 13.2 Å². The van der Waals surface area contributed by atoms with Crippen molar-refractivity contribution in [1.82, 2.24) is 0 Å². The first kappa shape index (κ1) is 32.8. The number of ether oxygens (including phenoxy) is 4. The smallest absolute Gasteiger partial charge is 0.343 e. The Hall–Kier alpha value is -2.74. The van der Waals surface area contributed by atoms with E-state index in [9.17, 15) is 9.59 Å². The quantitative estimate of drug-likeness (QED) is 0.268. The van der Waals surface area contributed by atoms with Crippen molar-refractivity contribution in [3.05, 3.63) is 59.2 Å². The Morgan fingerprint density at radius 1 is 0.927 bits per heavy atom. The van der Waals surface area contributed by atoms with E-state index in [-0.39, 0.29) is 31.3 Å². The normalized spacial score (nSPS) is 21.0. The summed E-state index contributed by atoms with van der Waals surface area (Å²) in [6, 6.07) is 13.1. The fourth-order valence-electron chi connectivity index (χ4n) is 5.96. The number of esters is 2. The van der Waals surface area contributed by atoms with Gasteiger partial charge in [-0.25, -0.2) is 14.0 Å². The molecule has 0 bridgehead atoms. The molecule has 8 heteroatoms. The van der Waals surface area contributed by atoms with Gasteiger partial charge in [0.1, 0.15) is 17.1 Å². The maximum Gasteiger partial charge on any atom is 0.343 e. The molecule has 0 aliphatic heterocycles. The number of methoxy groups -OCH3 is 2. The van der Waals surface area contributed by atoms with E-state index in [0.29, 0.717) is 23.8 Å². The summed E-state index contributed by atoms with van der Waals surface area (Å²) in [7, 11) is 2.86. The molecule has 2 aliphatic carbocycles. The zero-order valence-electron chi connectivity index (χ0n) is 25.1. The van der Waals surface area contributed by atoms with Gasteiger partial charge in [-0.2, -0.15) is 13.5 Å². The van der Waals surface area contributed by atoms with E-state index in [0.717, 1.165) is 55.4 Å². The second-order valence-corrected chi connectivity index (χ2v) is 12.4. The first-order valence-corrected chi connectivity index (χ1v) is 14.3. The summed E-state index contributed by atoms with van der Waals surface area (Å²) in [5, 5.41) is 0. The van der Waals surface area contributed by atoms with Crippen LogP contribution in [0.15, 0.2) is 42.5 Å². The van der Waals surface area contributed by atoms with Gasteiger partial charge >= 0.3 is 11.9 Å². The molecule has 41 heavy (non-hydrogen) atoms. The monoisotopic (exact) mass is 588 g/mol. The van der Waals surface area contributed by atoms with Crippen molar-refractivity contribution >= 4 is 25.4 Å². The van der Waals surface area contributed by atoms with Crippen LogP contribution < -0.4 is 9.47 Å². The van der Waals surface area contributed by atoms with Crippen LogP contribution in [0.5, 0.6) is 11.5 Å². The molecule has 0 N–H and O–H groups in total. The van der Waals surface area contributed by atoms with E-state index in [2.05, 4.69) is 0 Å². The van der Waals surface area contributed by atoms with Crippen LogP contribution in [0.1, 0.15) is 99.5 Å². The molecule has 2 aliphatic rings. The third-order valence-corrected chi connectivity index (χ3v) is 8.13. The predicted octanol–water partition coefficient (Wildman–Crippen LogP) is 7.51. The third kappa shape index (κ3) is 8.18. The molecule has 0 aromatic heterocycles. The molecule has 226 valence electrons. The van der Waals surface area contributed by atoms with Crippen LogP contribution in [0.4, 0.5) is 4.39 Å². The number of carbonyl (C=O) groups is 2. The Labute approximate surface area is 250 Å². The van der Waals surface area contributed by atoms with E-state index < -0.39 is 23.2 Å². The van der Waals surface area contributed by atoms with Crippen molar-refractivity contribution in [1.29, 1.82) is 0 Å². The second-order valence-electron chi connectivity index (χ2n) is 12.4. The molecule has 0 heterocycles. The lowest BCUT2D eigenvalue weighted by molar-refractivity contribution is -0.155. The van der Waals surface area contributed by atoms with Crippen molar-refractivity contribution < 1.29 is 32.9 Å². The molecule has 0 saturated heterocycles. The molecule has 2 aromatic carbocycles. The van der Waals surface area contributed by atoms with Crippen LogP contribution in [0.3, 0.4) is 0 Å². The number of rotatable bonds is 10. The fourth-order valence-corrected chi connectivity index (χ4v) is 5.96. The van der Waals surface area contributed by atoms with Gasteiger partial charge in [-0.15, -0.1) is 0 Å². The first-order valence-electron chi connectivity index (χ1n) is 14.3. The van der Waals surface area contributed by atoms with Crippen LogP contribution in [0.2, 0.25) is 0 Å². The van der Waals surface area contributed by atoms with Crippen molar-refractivity contribution in [3.8, 4) is 11.5 Å². The third-order valence-electron chi connectivity index (χ3n) is 8.13.